The number of fused-ring (bicyclic) bond motifs is 1. The molecule has 0 bridgehead atoms. The van der Waals surface area contributed by atoms with Gasteiger partial charge in [0.05, 0.1) is 6.54 Å². The lowest BCUT2D eigenvalue weighted by molar-refractivity contribution is -0.120. The van der Waals surface area contributed by atoms with E-state index < -0.39 is 0 Å². The summed E-state index contributed by atoms with van der Waals surface area (Å²) < 4.78 is 5.57. The number of carbonyl (C=O) groups excluding carboxylic acids is 1. The molecule has 0 radical (unpaired) electrons. The molecular weight excluding hydrogens is 264 g/mol. The van der Waals surface area contributed by atoms with Crippen molar-refractivity contribution in [2.24, 2.45) is 0 Å². The highest BCUT2D eigenvalue weighted by atomic mass is 16.5. The maximum absolute atomic E-state index is 12.3. The van der Waals surface area contributed by atoms with Crippen molar-refractivity contribution in [3.8, 4) is 5.75 Å². The molecule has 0 N–H and O–H groups in total. The van der Waals surface area contributed by atoms with E-state index in [9.17, 15) is 4.79 Å². The Labute approximate surface area is 124 Å². The Bertz CT molecular complexity index is 650. The molecule has 4 nitrogen and oxygen atoms in total. The summed E-state index contributed by atoms with van der Waals surface area (Å²) in [5.41, 5.74) is 3.03. The molecule has 0 atom stereocenters. The Kier molecular flexibility index (Phi) is 3.52. The number of rotatable bonds is 2. The third kappa shape index (κ3) is 2.70. The fraction of sp³-hybridized carbons (Fsp3) is 0.235. The Morgan fingerprint density at radius 1 is 1.05 bits per heavy atom. The van der Waals surface area contributed by atoms with Crippen molar-refractivity contribution in [1.82, 2.24) is 0 Å². The van der Waals surface area contributed by atoms with Crippen molar-refractivity contribution < 1.29 is 9.53 Å². The average molecular weight is 282 g/mol. The van der Waals surface area contributed by atoms with Crippen molar-refractivity contribution in [3.63, 3.8) is 0 Å². The van der Waals surface area contributed by atoms with Crippen molar-refractivity contribution in [3.05, 3.63) is 54.1 Å². The van der Waals surface area contributed by atoms with Crippen LogP contribution in [0.1, 0.15) is 5.56 Å². The van der Waals surface area contributed by atoms with Crippen LogP contribution >= 0.6 is 0 Å². The van der Waals surface area contributed by atoms with Crippen LogP contribution < -0.4 is 14.5 Å². The van der Waals surface area contributed by atoms with E-state index in [4.69, 9.17) is 4.74 Å². The number of amides is 1. The summed E-state index contributed by atoms with van der Waals surface area (Å²) in [6.07, 6.45) is 0. The molecule has 1 aliphatic rings. The zero-order chi connectivity index (χ0) is 14.8. The van der Waals surface area contributed by atoms with Crippen molar-refractivity contribution in [2.75, 3.05) is 30.5 Å². The maximum Gasteiger partial charge on any atom is 0.265 e. The normalized spacial score (nSPS) is 14.2. The van der Waals surface area contributed by atoms with Gasteiger partial charge < -0.3 is 14.5 Å². The summed E-state index contributed by atoms with van der Waals surface area (Å²) in [4.78, 5) is 16.1. The number of benzene rings is 2. The highest BCUT2D eigenvalue weighted by Gasteiger charge is 2.22. The van der Waals surface area contributed by atoms with Crippen molar-refractivity contribution in [1.29, 1.82) is 0 Å². The van der Waals surface area contributed by atoms with Crippen LogP contribution in [0.3, 0.4) is 0 Å². The highest BCUT2D eigenvalue weighted by Crippen LogP contribution is 2.27. The number of nitrogens with zero attached hydrogens (tertiary/aromatic N) is 2. The zero-order valence-electron chi connectivity index (χ0n) is 12.2. The maximum atomic E-state index is 12.3. The van der Waals surface area contributed by atoms with Crippen molar-refractivity contribution in [2.45, 2.75) is 6.54 Å². The first kappa shape index (κ1) is 13.5. The minimum atomic E-state index is -0.0243. The molecule has 0 fully saturated rings. The lowest BCUT2D eigenvalue weighted by atomic mass is 10.1. The summed E-state index contributed by atoms with van der Waals surface area (Å²) in [6.45, 7) is 0.614. The molecule has 0 aliphatic carbocycles. The van der Waals surface area contributed by atoms with Gasteiger partial charge in [-0.25, -0.2) is 0 Å². The molecule has 0 spiro atoms. The van der Waals surface area contributed by atoms with Crippen LogP contribution in [0.15, 0.2) is 48.5 Å². The van der Waals surface area contributed by atoms with E-state index in [1.165, 1.54) is 0 Å². The Hall–Kier alpha value is -2.49. The van der Waals surface area contributed by atoms with Crippen LogP contribution in [0.5, 0.6) is 5.75 Å². The minimum absolute atomic E-state index is 0.0243. The van der Waals surface area contributed by atoms with Gasteiger partial charge >= 0.3 is 0 Å². The first-order valence-electron chi connectivity index (χ1n) is 6.93. The van der Waals surface area contributed by atoms with Gasteiger partial charge in [-0.1, -0.05) is 18.2 Å². The fourth-order valence-corrected chi connectivity index (χ4v) is 2.42. The molecule has 1 aliphatic heterocycles. The lowest BCUT2D eigenvalue weighted by Crippen LogP contribution is -2.32. The fourth-order valence-electron chi connectivity index (χ4n) is 2.42. The van der Waals surface area contributed by atoms with Gasteiger partial charge in [0.2, 0.25) is 0 Å². The van der Waals surface area contributed by atoms with E-state index in [0.717, 1.165) is 22.7 Å². The van der Waals surface area contributed by atoms with Gasteiger partial charge in [-0.05, 0) is 30.3 Å². The van der Waals surface area contributed by atoms with E-state index in [1.54, 1.807) is 4.90 Å². The number of ether oxygens (including phenoxy) is 1. The number of hydrogen-bond acceptors (Lipinski definition) is 3. The molecule has 0 aromatic heterocycles. The molecule has 1 amide bonds. The van der Waals surface area contributed by atoms with E-state index in [1.807, 2.05) is 67.5 Å². The van der Waals surface area contributed by atoms with E-state index in [0.29, 0.717) is 6.54 Å². The molecule has 108 valence electrons. The van der Waals surface area contributed by atoms with Crippen LogP contribution in [0.4, 0.5) is 11.4 Å². The Balaban J connectivity index is 1.91. The summed E-state index contributed by atoms with van der Waals surface area (Å²) in [7, 11) is 3.99. The second-order valence-electron chi connectivity index (χ2n) is 5.29. The highest BCUT2D eigenvalue weighted by molar-refractivity contribution is 5.95. The van der Waals surface area contributed by atoms with Gasteiger partial charge in [0.25, 0.3) is 5.91 Å². The van der Waals surface area contributed by atoms with E-state index in [-0.39, 0.29) is 12.5 Å². The summed E-state index contributed by atoms with van der Waals surface area (Å²) in [5.74, 6) is 0.766. The molecule has 2 aromatic rings. The molecule has 0 saturated heterocycles. The standard InChI is InChI=1S/C17H18N2O2/c1-18(2)14-7-9-15(10-8-14)19-11-13-5-3-4-6-16(13)21-12-17(19)20/h3-10H,11-12H2,1-2H3. The number of anilines is 2. The lowest BCUT2D eigenvalue weighted by Gasteiger charge is -2.21. The van der Waals surface area contributed by atoms with Gasteiger partial charge in [0.1, 0.15) is 5.75 Å². The number of carbonyl (C=O) groups is 1. The molecular formula is C17H18N2O2. The third-order valence-corrected chi connectivity index (χ3v) is 3.63. The molecule has 21 heavy (non-hydrogen) atoms. The predicted molar refractivity (Wildman–Crippen MR) is 83.9 cm³/mol. The van der Waals surface area contributed by atoms with Gasteiger partial charge in [0.15, 0.2) is 6.61 Å². The van der Waals surface area contributed by atoms with Crippen molar-refractivity contribution >= 4 is 17.3 Å². The number of hydrogen-bond donors (Lipinski definition) is 0. The van der Waals surface area contributed by atoms with Crippen LogP contribution in [0, 0.1) is 0 Å². The zero-order valence-corrected chi connectivity index (χ0v) is 12.2. The van der Waals surface area contributed by atoms with E-state index >= 15 is 0 Å². The molecule has 1 heterocycles. The SMILES string of the molecule is CN(C)c1ccc(N2Cc3ccccc3OCC2=O)cc1. The third-order valence-electron chi connectivity index (χ3n) is 3.63. The van der Waals surface area contributed by atoms with Gasteiger partial charge in [-0.2, -0.15) is 0 Å². The van der Waals surface area contributed by atoms with Crippen LogP contribution in [0.2, 0.25) is 0 Å². The molecule has 0 saturated carbocycles. The smallest absolute Gasteiger partial charge is 0.265 e. The monoisotopic (exact) mass is 282 g/mol. The minimum Gasteiger partial charge on any atom is -0.483 e. The number of para-hydroxylation sites is 1. The Morgan fingerprint density at radius 3 is 2.48 bits per heavy atom. The largest absolute Gasteiger partial charge is 0.483 e. The first-order chi connectivity index (χ1) is 10.1. The van der Waals surface area contributed by atoms with E-state index in [2.05, 4.69) is 0 Å². The molecule has 4 heteroatoms. The topological polar surface area (TPSA) is 32.8 Å². The van der Waals surface area contributed by atoms with Crippen LogP contribution in [0.25, 0.3) is 0 Å². The van der Waals surface area contributed by atoms with Crippen LogP contribution in [-0.4, -0.2) is 26.6 Å². The Morgan fingerprint density at radius 2 is 1.76 bits per heavy atom. The molecule has 2 aromatic carbocycles. The van der Waals surface area contributed by atoms with Gasteiger partial charge in [0, 0.05) is 31.0 Å². The summed E-state index contributed by atoms with van der Waals surface area (Å²) in [6, 6.07) is 15.8. The second kappa shape index (κ2) is 5.48. The van der Waals surface area contributed by atoms with Gasteiger partial charge in [-0.3, -0.25) is 4.79 Å². The van der Waals surface area contributed by atoms with Gasteiger partial charge in [-0.15, -0.1) is 0 Å². The second-order valence-corrected chi connectivity index (χ2v) is 5.29. The quantitative estimate of drug-likeness (QED) is 0.849. The first-order valence-corrected chi connectivity index (χ1v) is 6.93. The predicted octanol–water partition coefficient (Wildman–Crippen LogP) is 2.68. The van der Waals surface area contributed by atoms with Crippen LogP contribution in [-0.2, 0) is 11.3 Å². The summed E-state index contributed by atoms with van der Waals surface area (Å²) in [5, 5.41) is 0. The molecule has 3 rings (SSSR count). The molecule has 0 unspecified atom stereocenters. The summed E-state index contributed by atoms with van der Waals surface area (Å²) >= 11 is 0. The average Bonchev–Trinajstić information content (AvgIpc) is 2.67.